The normalized spacial score (nSPS) is 24.9. The first-order chi connectivity index (χ1) is 9.71. The molecular weight excluding hydrogens is 300 g/mol. The SMILES string of the molecule is CN(C)[C@@H]1COc2ccc(B3OC(C)(C)C(C)(C)O3)cc21.Cl. The summed E-state index contributed by atoms with van der Waals surface area (Å²) in [5.41, 5.74) is 1.65. The van der Waals surface area contributed by atoms with Crippen molar-refractivity contribution in [2.24, 2.45) is 0 Å². The van der Waals surface area contributed by atoms with Gasteiger partial charge in [0.2, 0.25) is 0 Å². The summed E-state index contributed by atoms with van der Waals surface area (Å²) in [6.07, 6.45) is 0. The molecule has 0 bridgehead atoms. The Morgan fingerprint density at radius 2 is 1.68 bits per heavy atom. The molecule has 1 saturated heterocycles. The molecule has 0 spiro atoms. The van der Waals surface area contributed by atoms with Crippen molar-refractivity contribution in [1.29, 1.82) is 0 Å². The molecule has 1 atom stereocenters. The second kappa shape index (κ2) is 5.71. The molecule has 0 amide bonds. The molecule has 0 aliphatic carbocycles. The molecule has 1 fully saturated rings. The van der Waals surface area contributed by atoms with Crippen LogP contribution in [0.4, 0.5) is 0 Å². The van der Waals surface area contributed by atoms with E-state index in [2.05, 4.69) is 52.8 Å². The molecule has 122 valence electrons. The number of likely N-dealkylation sites (N-methyl/N-ethyl adjacent to an activating group) is 1. The highest BCUT2D eigenvalue weighted by Gasteiger charge is 2.51. The van der Waals surface area contributed by atoms with Crippen molar-refractivity contribution in [3.8, 4) is 5.75 Å². The minimum atomic E-state index is -0.316. The zero-order chi connectivity index (χ0) is 15.4. The van der Waals surface area contributed by atoms with Gasteiger partial charge < -0.3 is 14.0 Å². The fourth-order valence-corrected chi connectivity index (χ4v) is 2.77. The van der Waals surface area contributed by atoms with Gasteiger partial charge in [0.1, 0.15) is 12.4 Å². The first-order valence-corrected chi connectivity index (χ1v) is 7.50. The largest absolute Gasteiger partial charge is 0.494 e. The molecule has 0 radical (unpaired) electrons. The fraction of sp³-hybridized carbons (Fsp3) is 0.625. The first kappa shape index (κ1) is 17.6. The maximum atomic E-state index is 6.13. The van der Waals surface area contributed by atoms with E-state index in [0.717, 1.165) is 11.2 Å². The van der Waals surface area contributed by atoms with Crippen LogP contribution in [0.3, 0.4) is 0 Å². The predicted octanol–water partition coefficient (Wildman–Crippen LogP) is 2.40. The van der Waals surface area contributed by atoms with E-state index in [4.69, 9.17) is 14.0 Å². The third-order valence-electron chi connectivity index (χ3n) is 4.94. The number of nitrogens with zero attached hydrogens (tertiary/aromatic N) is 1. The predicted molar refractivity (Wildman–Crippen MR) is 91.3 cm³/mol. The number of benzene rings is 1. The maximum absolute atomic E-state index is 6.13. The van der Waals surface area contributed by atoms with Gasteiger partial charge in [-0.3, -0.25) is 4.90 Å². The van der Waals surface area contributed by atoms with E-state index in [0.29, 0.717) is 12.6 Å². The van der Waals surface area contributed by atoms with E-state index in [-0.39, 0.29) is 30.7 Å². The van der Waals surface area contributed by atoms with Gasteiger partial charge in [-0.15, -0.1) is 12.4 Å². The van der Waals surface area contributed by atoms with Gasteiger partial charge in [-0.1, -0.05) is 12.1 Å². The first-order valence-electron chi connectivity index (χ1n) is 7.50. The van der Waals surface area contributed by atoms with Crippen LogP contribution in [0.15, 0.2) is 18.2 Å². The third kappa shape index (κ3) is 2.76. The van der Waals surface area contributed by atoms with Crippen LogP contribution < -0.4 is 10.2 Å². The summed E-state index contributed by atoms with van der Waals surface area (Å²) in [6, 6.07) is 6.52. The maximum Gasteiger partial charge on any atom is 0.494 e. The molecule has 0 saturated carbocycles. The van der Waals surface area contributed by atoms with Crippen molar-refractivity contribution >= 4 is 25.0 Å². The molecule has 0 N–H and O–H groups in total. The summed E-state index contributed by atoms with van der Waals surface area (Å²) in [5.74, 6) is 0.967. The van der Waals surface area contributed by atoms with Gasteiger partial charge in [0.25, 0.3) is 0 Å². The Hall–Kier alpha value is -0.745. The zero-order valence-corrected chi connectivity index (χ0v) is 15.0. The van der Waals surface area contributed by atoms with Crippen molar-refractivity contribution in [2.45, 2.75) is 44.9 Å². The second-order valence-electron chi connectivity index (χ2n) is 7.18. The van der Waals surface area contributed by atoms with Gasteiger partial charge in [-0.25, -0.2) is 0 Å². The topological polar surface area (TPSA) is 30.9 Å². The quantitative estimate of drug-likeness (QED) is 0.781. The van der Waals surface area contributed by atoms with Crippen LogP contribution in [0.5, 0.6) is 5.75 Å². The van der Waals surface area contributed by atoms with Gasteiger partial charge in [-0.05, 0) is 53.3 Å². The van der Waals surface area contributed by atoms with E-state index in [1.165, 1.54) is 5.56 Å². The van der Waals surface area contributed by atoms with Crippen LogP contribution in [0, 0.1) is 0 Å². The Morgan fingerprint density at radius 3 is 2.23 bits per heavy atom. The van der Waals surface area contributed by atoms with Crippen molar-refractivity contribution in [2.75, 3.05) is 20.7 Å². The molecule has 2 aliphatic rings. The average Bonchev–Trinajstić information content (AvgIpc) is 2.87. The summed E-state index contributed by atoms with van der Waals surface area (Å²) >= 11 is 0. The molecule has 2 aliphatic heterocycles. The van der Waals surface area contributed by atoms with Gasteiger partial charge in [0.15, 0.2) is 0 Å². The number of rotatable bonds is 2. The lowest BCUT2D eigenvalue weighted by molar-refractivity contribution is 0.00578. The molecular formula is C16H25BClNO3. The lowest BCUT2D eigenvalue weighted by atomic mass is 9.78. The Balaban J connectivity index is 0.00000176. The van der Waals surface area contributed by atoms with Crippen molar-refractivity contribution in [3.63, 3.8) is 0 Å². The number of ether oxygens (including phenoxy) is 1. The molecule has 1 aromatic carbocycles. The average molecular weight is 326 g/mol. The van der Waals surface area contributed by atoms with Crippen molar-refractivity contribution in [1.82, 2.24) is 4.90 Å². The molecule has 2 heterocycles. The number of halogens is 1. The highest BCUT2D eigenvalue weighted by Crippen LogP contribution is 2.38. The lowest BCUT2D eigenvalue weighted by Gasteiger charge is -2.32. The summed E-state index contributed by atoms with van der Waals surface area (Å²) < 4.78 is 18.0. The van der Waals surface area contributed by atoms with E-state index in [1.54, 1.807) is 0 Å². The van der Waals surface area contributed by atoms with Crippen LogP contribution in [0.1, 0.15) is 39.3 Å². The fourth-order valence-electron chi connectivity index (χ4n) is 2.77. The molecule has 6 heteroatoms. The molecule has 22 heavy (non-hydrogen) atoms. The number of hydrogen-bond acceptors (Lipinski definition) is 4. The highest BCUT2D eigenvalue weighted by molar-refractivity contribution is 6.62. The number of fused-ring (bicyclic) bond motifs is 1. The Labute approximate surface area is 139 Å². The van der Waals surface area contributed by atoms with Gasteiger partial charge in [0, 0.05) is 5.56 Å². The van der Waals surface area contributed by atoms with Crippen LogP contribution >= 0.6 is 12.4 Å². The Morgan fingerprint density at radius 1 is 1.09 bits per heavy atom. The van der Waals surface area contributed by atoms with Crippen LogP contribution in [-0.2, 0) is 9.31 Å². The van der Waals surface area contributed by atoms with Crippen LogP contribution in [0.25, 0.3) is 0 Å². The standard InChI is InChI=1S/C16H24BNO3.ClH/c1-15(2)16(3,4)21-17(20-15)11-7-8-14-12(9-11)13(10-19-14)18(5)6;/h7-9,13H,10H2,1-6H3;1H/t13-;/m1./s1. The molecule has 0 aromatic heterocycles. The third-order valence-corrected chi connectivity index (χ3v) is 4.94. The van der Waals surface area contributed by atoms with Crippen molar-refractivity contribution < 1.29 is 14.0 Å². The van der Waals surface area contributed by atoms with Gasteiger partial charge in [0.05, 0.1) is 17.2 Å². The van der Waals surface area contributed by atoms with Crippen LogP contribution in [0.2, 0.25) is 0 Å². The summed E-state index contributed by atoms with van der Waals surface area (Å²) in [5, 5.41) is 0. The Kier molecular flexibility index (Phi) is 4.57. The van der Waals surface area contributed by atoms with E-state index in [9.17, 15) is 0 Å². The second-order valence-corrected chi connectivity index (χ2v) is 7.18. The zero-order valence-electron chi connectivity index (χ0n) is 14.2. The smallest absolute Gasteiger partial charge is 0.491 e. The summed E-state index contributed by atoms with van der Waals surface area (Å²) in [4.78, 5) is 2.18. The molecule has 3 rings (SSSR count). The highest BCUT2D eigenvalue weighted by atomic mass is 35.5. The minimum Gasteiger partial charge on any atom is -0.491 e. The van der Waals surface area contributed by atoms with Gasteiger partial charge >= 0.3 is 7.12 Å². The van der Waals surface area contributed by atoms with E-state index in [1.807, 2.05) is 12.1 Å². The lowest BCUT2D eigenvalue weighted by Crippen LogP contribution is -2.41. The van der Waals surface area contributed by atoms with Crippen molar-refractivity contribution in [3.05, 3.63) is 23.8 Å². The molecule has 4 nitrogen and oxygen atoms in total. The Bertz CT molecular complexity index is 546. The summed E-state index contributed by atoms with van der Waals surface area (Å²) in [7, 11) is 3.83. The molecule has 1 aromatic rings. The minimum absolute atomic E-state index is 0. The number of hydrogen-bond donors (Lipinski definition) is 0. The van der Waals surface area contributed by atoms with E-state index >= 15 is 0 Å². The van der Waals surface area contributed by atoms with Crippen LogP contribution in [-0.4, -0.2) is 43.9 Å². The van der Waals surface area contributed by atoms with E-state index < -0.39 is 0 Å². The molecule has 0 unspecified atom stereocenters. The van der Waals surface area contributed by atoms with Gasteiger partial charge in [-0.2, -0.15) is 0 Å². The monoisotopic (exact) mass is 325 g/mol. The summed E-state index contributed by atoms with van der Waals surface area (Å²) in [6.45, 7) is 9.01.